The fourth-order valence-corrected chi connectivity index (χ4v) is 2.41. The third-order valence-corrected chi connectivity index (χ3v) is 3.22. The maximum Gasteiger partial charge on any atom is 0.261 e. The SMILES string of the molecule is Cc1ccc2c(=O)n3c(nc2c1)CC(C)C3. The molecule has 3 heteroatoms. The average Bonchev–Trinajstić information content (AvgIpc) is 2.59. The van der Waals surface area contributed by atoms with Gasteiger partial charge in [0.1, 0.15) is 5.82 Å². The number of aryl methyl sites for hydroxylation is 1. The van der Waals surface area contributed by atoms with Crippen LogP contribution in [-0.4, -0.2) is 9.55 Å². The first-order chi connectivity index (χ1) is 7.65. The Hall–Kier alpha value is -1.64. The van der Waals surface area contributed by atoms with E-state index in [2.05, 4.69) is 11.9 Å². The van der Waals surface area contributed by atoms with Crippen molar-refractivity contribution in [3.8, 4) is 0 Å². The normalized spacial score (nSPS) is 19.0. The molecule has 2 aromatic rings. The Morgan fingerprint density at radius 2 is 2.25 bits per heavy atom. The highest BCUT2D eigenvalue weighted by atomic mass is 16.1. The van der Waals surface area contributed by atoms with E-state index in [9.17, 15) is 4.79 Å². The highest BCUT2D eigenvalue weighted by molar-refractivity contribution is 5.78. The van der Waals surface area contributed by atoms with Gasteiger partial charge in [-0.1, -0.05) is 13.0 Å². The Morgan fingerprint density at radius 3 is 3.06 bits per heavy atom. The highest BCUT2D eigenvalue weighted by Crippen LogP contribution is 2.19. The molecule has 0 bridgehead atoms. The zero-order chi connectivity index (χ0) is 11.3. The van der Waals surface area contributed by atoms with Crippen LogP contribution >= 0.6 is 0 Å². The molecule has 0 saturated carbocycles. The molecular weight excluding hydrogens is 200 g/mol. The molecule has 82 valence electrons. The van der Waals surface area contributed by atoms with Crippen molar-refractivity contribution in [2.45, 2.75) is 26.8 Å². The molecule has 0 spiro atoms. The molecule has 1 aromatic carbocycles. The van der Waals surface area contributed by atoms with Gasteiger partial charge in [-0.25, -0.2) is 4.98 Å². The second-order valence-corrected chi connectivity index (χ2v) is 4.77. The number of fused-ring (bicyclic) bond motifs is 2. The Kier molecular flexibility index (Phi) is 1.90. The van der Waals surface area contributed by atoms with Gasteiger partial charge in [0.2, 0.25) is 0 Å². The van der Waals surface area contributed by atoms with Crippen molar-refractivity contribution in [2.24, 2.45) is 5.92 Å². The van der Waals surface area contributed by atoms with Crippen LogP contribution in [0.2, 0.25) is 0 Å². The molecule has 3 nitrogen and oxygen atoms in total. The minimum absolute atomic E-state index is 0.115. The van der Waals surface area contributed by atoms with Crippen molar-refractivity contribution in [3.05, 3.63) is 39.9 Å². The lowest BCUT2D eigenvalue weighted by atomic mass is 10.1. The summed E-state index contributed by atoms with van der Waals surface area (Å²) in [5.41, 5.74) is 2.10. The number of hydrogen-bond acceptors (Lipinski definition) is 2. The lowest BCUT2D eigenvalue weighted by Crippen LogP contribution is -2.21. The van der Waals surface area contributed by atoms with Crippen molar-refractivity contribution in [2.75, 3.05) is 0 Å². The maximum atomic E-state index is 12.2. The van der Waals surface area contributed by atoms with Crippen LogP contribution in [0.3, 0.4) is 0 Å². The van der Waals surface area contributed by atoms with Crippen molar-refractivity contribution in [1.82, 2.24) is 9.55 Å². The van der Waals surface area contributed by atoms with E-state index in [0.29, 0.717) is 5.92 Å². The van der Waals surface area contributed by atoms with E-state index in [1.807, 2.05) is 29.7 Å². The smallest absolute Gasteiger partial charge is 0.261 e. The Bertz CT molecular complexity index is 628. The third kappa shape index (κ3) is 1.28. The van der Waals surface area contributed by atoms with Crippen LogP contribution in [0.5, 0.6) is 0 Å². The molecule has 2 heterocycles. The Balaban J connectivity index is 2.38. The molecule has 1 aliphatic heterocycles. The molecule has 1 aliphatic rings. The van der Waals surface area contributed by atoms with Crippen molar-refractivity contribution < 1.29 is 0 Å². The van der Waals surface area contributed by atoms with Gasteiger partial charge >= 0.3 is 0 Å². The second kappa shape index (κ2) is 3.17. The first-order valence-corrected chi connectivity index (χ1v) is 5.65. The summed E-state index contributed by atoms with van der Waals surface area (Å²) in [5.74, 6) is 1.47. The van der Waals surface area contributed by atoms with Crippen LogP contribution in [0.1, 0.15) is 18.3 Å². The van der Waals surface area contributed by atoms with E-state index < -0.39 is 0 Å². The molecule has 0 aliphatic carbocycles. The van der Waals surface area contributed by atoms with E-state index in [0.717, 1.165) is 35.3 Å². The maximum absolute atomic E-state index is 12.2. The van der Waals surface area contributed by atoms with Gasteiger partial charge in [-0.2, -0.15) is 0 Å². The minimum atomic E-state index is 0.115. The van der Waals surface area contributed by atoms with E-state index in [1.54, 1.807) is 0 Å². The first kappa shape index (κ1) is 9.58. The fourth-order valence-electron chi connectivity index (χ4n) is 2.41. The Labute approximate surface area is 93.7 Å². The quantitative estimate of drug-likeness (QED) is 0.671. The fraction of sp³-hybridized carbons (Fsp3) is 0.385. The summed E-state index contributed by atoms with van der Waals surface area (Å²) in [6.45, 7) is 4.99. The number of nitrogens with zero attached hydrogens (tertiary/aromatic N) is 2. The minimum Gasteiger partial charge on any atom is -0.296 e. The molecule has 3 rings (SSSR count). The molecule has 16 heavy (non-hydrogen) atoms. The zero-order valence-corrected chi connectivity index (χ0v) is 9.53. The second-order valence-electron chi connectivity index (χ2n) is 4.77. The van der Waals surface area contributed by atoms with Gasteiger partial charge in [0, 0.05) is 13.0 Å². The van der Waals surface area contributed by atoms with Crippen molar-refractivity contribution >= 4 is 10.9 Å². The molecule has 0 fully saturated rings. The van der Waals surface area contributed by atoms with Crippen molar-refractivity contribution in [3.63, 3.8) is 0 Å². The number of aromatic nitrogens is 2. The largest absolute Gasteiger partial charge is 0.296 e. The average molecular weight is 214 g/mol. The molecular formula is C13H14N2O. The van der Waals surface area contributed by atoms with E-state index in [-0.39, 0.29) is 5.56 Å². The molecule has 0 N–H and O–H groups in total. The van der Waals surface area contributed by atoms with Gasteiger partial charge in [-0.15, -0.1) is 0 Å². The summed E-state index contributed by atoms with van der Waals surface area (Å²) < 4.78 is 1.82. The lowest BCUT2D eigenvalue weighted by molar-refractivity contribution is 0.558. The molecule has 1 unspecified atom stereocenters. The van der Waals surface area contributed by atoms with Gasteiger partial charge in [-0.05, 0) is 30.5 Å². The molecule has 0 radical (unpaired) electrons. The van der Waals surface area contributed by atoms with Gasteiger partial charge in [0.15, 0.2) is 0 Å². The van der Waals surface area contributed by atoms with Crippen molar-refractivity contribution in [1.29, 1.82) is 0 Å². The van der Waals surface area contributed by atoms with Crippen LogP contribution in [0.4, 0.5) is 0 Å². The summed E-state index contributed by atoms with van der Waals surface area (Å²) in [6, 6.07) is 5.84. The lowest BCUT2D eigenvalue weighted by Gasteiger charge is -2.05. The molecule has 0 amide bonds. The van der Waals surface area contributed by atoms with E-state index in [4.69, 9.17) is 0 Å². The number of benzene rings is 1. The van der Waals surface area contributed by atoms with Gasteiger partial charge in [0.05, 0.1) is 10.9 Å². The van der Waals surface area contributed by atoms with Crippen LogP contribution in [-0.2, 0) is 13.0 Å². The molecule has 1 aromatic heterocycles. The predicted molar refractivity (Wildman–Crippen MR) is 63.6 cm³/mol. The van der Waals surface area contributed by atoms with Gasteiger partial charge in [-0.3, -0.25) is 9.36 Å². The van der Waals surface area contributed by atoms with Gasteiger partial charge < -0.3 is 0 Å². The first-order valence-electron chi connectivity index (χ1n) is 5.65. The van der Waals surface area contributed by atoms with Crippen LogP contribution in [0.15, 0.2) is 23.0 Å². The summed E-state index contributed by atoms with van der Waals surface area (Å²) in [7, 11) is 0. The monoisotopic (exact) mass is 214 g/mol. The standard InChI is InChI=1S/C13H14N2O/c1-8-3-4-10-11(5-8)14-12-6-9(2)7-15(12)13(10)16/h3-5,9H,6-7H2,1-2H3. The molecule has 1 atom stereocenters. The van der Waals surface area contributed by atoms with Crippen LogP contribution in [0, 0.1) is 12.8 Å². The third-order valence-electron chi connectivity index (χ3n) is 3.22. The summed E-state index contributed by atoms with van der Waals surface area (Å²) in [4.78, 5) is 16.8. The predicted octanol–water partition coefficient (Wildman–Crippen LogP) is 1.90. The summed E-state index contributed by atoms with van der Waals surface area (Å²) in [5, 5.41) is 0.739. The molecule has 0 saturated heterocycles. The zero-order valence-electron chi connectivity index (χ0n) is 9.53. The summed E-state index contributed by atoms with van der Waals surface area (Å²) in [6.07, 6.45) is 0.916. The van der Waals surface area contributed by atoms with Gasteiger partial charge in [0.25, 0.3) is 5.56 Å². The number of hydrogen-bond donors (Lipinski definition) is 0. The Morgan fingerprint density at radius 1 is 1.44 bits per heavy atom. The highest BCUT2D eigenvalue weighted by Gasteiger charge is 2.21. The van der Waals surface area contributed by atoms with Crippen LogP contribution < -0.4 is 5.56 Å². The summed E-state index contributed by atoms with van der Waals surface area (Å²) >= 11 is 0. The van der Waals surface area contributed by atoms with Crippen LogP contribution in [0.25, 0.3) is 10.9 Å². The topological polar surface area (TPSA) is 34.9 Å². The van der Waals surface area contributed by atoms with E-state index in [1.165, 1.54) is 0 Å². The number of rotatable bonds is 0. The van der Waals surface area contributed by atoms with E-state index >= 15 is 0 Å².